The van der Waals surface area contributed by atoms with Crippen molar-refractivity contribution in [3.63, 3.8) is 0 Å². The van der Waals surface area contributed by atoms with Crippen LogP contribution >= 0.6 is 11.3 Å². The quantitative estimate of drug-likeness (QED) is 0.842. The lowest BCUT2D eigenvalue weighted by atomic mass is 10.3. The minimum atomic E-state index is -3.87. The van der Waals surface area contributed by atoms with E-state index in [-0.39, 0.29) is 23.6 Å². The first kappa shape index (κ1) is 13.5. The molecule has 0 bridgehead atoms. The number of benzene rings is 1. The van der Waals surface area contributed by atoms with Crippen LogP contribution in [0.3, 0.4) is 0 Å². The van der Waals surface area contributed by atoms with Gasteiger partial charge in [-0.05, 0) is 12.1 Å². The molecule has 0 atom stereocenters. The maximum atomic E-state index is 12.1. The number of rotatable bonds is 5. The molecule has 1 N–H and O–H groups in total. The molecule has 19 heavy (non-hydrogen) atoms. The predicted octanol–water partition coefficient (Wildman–Crippen LogP) is 1.34. The Kier molecular flexibility index (Phi) is 3.82. The summed E-state index contributed by atoms with van der Waals surface area (Å²) in [5.74, 6) is -0.488. The van der Waals surface area contributed by atoms with E-state index in [1.807, 2.05) is 0 Å². The van der Waals surface area contributed by atoms with Gasteiger partial charge in [-0.2, -0.15) is 0 Å². The van der Waals surface area contributed by atoms with Gasteiger partial charge in [0, 0.05) is 11.4 Å². The Balaban J connectivity index is 2.33. The van der Waals surface area contributed by atoms with E-state index in [1.165, 1.54) is 41.1 Å². The monoisotopic (exact) mass is 298 g/mol. The van der Waals surface area contributed by atoms with E-state index in [1.54, 1.807) is 5.38 Å². The first-order chi connectivity index (χ1) is 9.03. The molecule has 2 aromatic rings. The predicted molar refractivity (Wildman–Crippen MR) is 71.4 cm³/mol. The molecule has 0 aliphatic rings. The highest BCUT2D eigenvalue weighted by atomic mass is 32.2. The number of phenols is 1. The van der Waals surface area contributed by atoms with E-state index in [2.05, 4.69) is 4.98 Å². The molecule has 2 rings (SSSR count). The first-order valence-electron chi connectivity index (χ1n) is 5.16. The van der Waals surface area contributed by atoms with Crippen LogP contribution in [0.2, 0.25) is 0 Å². The van der Waals surface area contributed by atoms with Crippen LogP contribution in [0.15, 0.2) is 35.2 Å². The standard InChI is InChI=1S/C11H10N2O4S2/c14-8-13(10-2-1-3-11(15)4-10)19(16,17)6-9-5-18-7-12-9/h1-5,7-8,15H,6H2. The molecule has 0 aliphatic heterocycles. The molecule has 100 valence electrons. The fourth-order valence-corrected chi connectivity index (χ4v) is 3.38. The van der Waals surface area contributed by atoms with Crippen molar-refractivity contribution in [1.29, 1.82) is 0 Å². The van der Waals surface area contributed by atoms with Crippen molar-refractivity contribution in [2.75, 3.05) is 4.31 Å². The Morgan fingerprint density at radius 3 is 2.79 bits per heavy atom. The van der Waals surface area contributed by atoms with Crippen LogP contribution in [0, 0.1) is 0 Å². The number of carbonyl (C=O) groups is 1. The summed E-state index contributed by atoms with van der Waals surface area (Å²) in [6.45, 7) is 0. The summed E-state index contributed by atoms with van der Waals surface area (Å²) in [5, 5.41) is 10.9. The smallest absolute Gasteiger partial charge is 0.247 e. The Bertz CT molecular complexity index is 668. The minimum Gasteiger partial charge on any atom is -0.508 e. The molecule has 0 spiro atoms. The van der Waals surface area contributed by atoms with Gasteiger partial charge in [-0.3, -0.25) is 4.79 Å². The van der Waals surface area contributed by atoms with Crippen molar-refractivity contribution in [3.8, 4) is 5.75 Å². The molecule has 0 radical (unpaired) electrons. The van der Waals surface area contributed by atoms with Crippen LogP contribution in [-0.4, -0.2) is 24.9 Å². The number of anilines is 1. The van der Waals surface area contributed by atoms with Gasteiger partial charge in [-0.15, -0.1) is 11.3 Å². The molecule has 0 fully saturated rings. The molecule has 0 aliphatic carbocycles. The number of nitrogens with zero attached hydrogens (tertiary/aromatic N) is 2. The second-order valence-corrected chi connectivity index (χ2v) is 6.22. The molecule has 1 aromatic heterocycles. The summed E-state index contributed by atoms with van der Waals surface area (Å²) < 4.78 is 24.8. The number of sulfonamides is 1. The van der Waals surface area contributed by atoms with Crippen molar-refractivity contribution < 1.29 is 18.3 Å². The number of aromatic hydroxyl groups is 1. The van der Waals surface area contributed by atoms with Crippen LogP contribution in [0.5, 0.6) is 5.75 Å². The summed E-state index contributed by atoms with van der Waals surface area (Å²) in [5.41, 5.74) is 1.98. The second kappa shape index (κ2) is 5.37. The van der Waals surface area contributed by atoms with Gasteiger partial charge in [-0.25, -0.2) is 17.7 Å². The third-order valence-electron chi connectivity index (χ3n) is 2.29. The third kappa shape index (κ3) is 3.09. The van der Waals surface area contributed by atoms with Crippen molar-refractivity contribution in [1.82, 2.24) is 4.98 Å². The van der Waals surface area contributed by atoms with Gasteiger partial charge in [0.05, 0.1) is 16.9 Å². The zero-order valence-electron chi connectivity index (χ0n) is 9.63. The number of hydrogen-bond acceptors (Lipinski definition) is 6. The van der Waals surface area contributed by atoms with Gasteiger partial charge in [0.1, 0.15) is 11.5 Å². The summed E-state index contributed by atoms with van der Waals surface area (Å²) in [6, 6.07) is 5.47. The fourth-order valence-electron chi connectivity index (χ4n) is 1.48. The Hall–Kier alpha value is -1.93. The molecular formula is C11H10N2O4S2. The van der Waals surface area contributed by atoms with Crippen molar-refractivity contribution in [2.45, 2.75) is 5.75 Å². The molecule has 8 heteroatoms. The van der Waals surface area contributed by atoms with Gasteiger partial charge in [0.15, 0.2) is 0 Å². The van der Waals surface area contributed by atoms with Gasteiger partial charge < -0.3 is 5.11 Å². The third-order valence-corrected chi connectivity index (χ3v) is 4.49. The number of hydrogen-bond donors (Lipinski definition) is 1. The summed E-state index contributed by atoms with van der Waals surface area (Å²) in [7, 11) is -3.87. The first-order valence-corrected chi connectivity index (χ1v) is 7.71. The van der Waals surface area contributed by atoms with Crippen molar-refractivity contribution in [2.24, 2.45) is 0 Å². The van der Waals surface area contributed by atoms with Gasteiger partial charge in [-0.1, -0.05) is 6.07 Å². The average Bonchev–Trinajstić information content (AvgIpc) is 2.81. The molecule has 0 unspecified atom stereocenters. The number of carbonyl (C=O) groups excluding carboxylic acids is 1. The molecule has 1 amide bonds. The van der Waals surface area contributed by atoms with Crippen LogP contribution in [0.25, 0.3) is 0 Å². The van der Waals surface area contributed by atoms with Gasteiger partial charge in [0.25, 0.3) is 0 Å². The minimum absolute atomic E-state index is 0.0882. The summed E-state index contributed by atoms with van der Waals surface area (Å²) in [6.07, 6.45) is 0.205. The summed E-state index contributed by atoms with van der Waals surface area (Å²) >= 11 is 1.28. The topological polar surface area (TPSA) is 87.6 Å². The van der Waals surface area contributed by atoms with Crippen LogP contribution in [0.4, 0.5) is 5.69 Å². The van der Waals surface area contributed by atoms with E-state index < -0.39 is 10.0 Å². The van der Waals surface area contributed by atoms with E-state index in [0.29, 0.717) is 10.00 Å². The summed E-state index contributed by atoms with van der Waals surface area (Å²) in [4.78, 5) is 14.9. The van der Waals surface area contributed by atoms with Crippen molar-refractivity contribution in [3.05, 3.63) is 40.8 Å². The molecule has 0 saturated heterocycles. The molecule has 1 heterocycles. The largest absolute Gasteiger partial charge is 0.508 e. The second-order valence-electron chi connectivity index (χ2n) is 3.66. The van der Waals surface area contributed by atoms with Crippen molar-refractivity contribution >= 4 is 33.5 Å². The lowest BCUT2D eigenvalue weighted by Gasteiger charge is -2.17. The zero-order valence-corrected chi connectivity index (χ0v) is 11.3. The zero-order chi connectivity index (χ0) is 13.9. The highest BCUT2D eigenvalue weighted by Gasteiger charge is 2.23. The Morgan fingerprint density at radius 2 is 2.21 bits per heavy atom. The Morgan fingerprint density at radius 1 is 1.42 bits per heavy atom. The van der Waals surface area contributed by atoms with Crippen LogP contribution in [0.1, 0.15) is 5.69 Å². The van der Waals surface area contributed by atoms with Gasteiger partial charge in [0.2, 0.25) is 16.4 Å². The molecular weight excluding hydrogens is 288 g/mol. The van der Waals surface area contributed by atoms with E-state index in [4.69, 9.17) is 0 Å². The highest BCUT2D eigenvalue weighted by molar-refractivity contribution is 7.92. The highest BCUT2D eigenvalue weighted by Crippen LogP contribution is 2.23. The molecule has 6 nitrogen and oxygen atoms in total. The van der Waals surface area contributed by atoms with Crippen LogP contribution in [-0.2, 0) is 20.6 Å². The maximum Gasteiger partial charge on any atom is 0.247 e. The number of aromatic nitrogens is 1. The van der Waals surface area contributed by atoms with Gasteiger partial charge >= 0.3 is 0 Å². The van der Waals surface area contributed by atoms with E-state index in [9.17, 15) is 18.3 Å². The number of thiazole rings is 1. The lowest BCUT2D eigenvalue weighted by molar-refractivity contribution is -0.106. The van der Waals surface area contributed by atoms with Crippen LogP contribution < -0.4 is 4.31 Å². The number of phenolic OH excluding ortho intramolecular Hbond substituents is 1. The van der Waals surface area contributed by atoms with E-state index >= 15 is 0 Å². The fraction of sp³-hybridized carbons (Fsp3) is 0.0909. The Labute approximate surface area is 114 Å². The molecule has 1 aromatic carbocycles. The van der Waals surface area contributed by atoms with E-state index in [0.717, 1.165) is 0 Å². The average molecular weight is 298 g/mol. The normalized spacial score (nSPS) is 11.2. The lowest BCUT2D eigenvalue weighted by Crippen LogP contribution is -2.30. The number of amides is 1. The maximum absolute atomic E-state index is 12.1. The SMILES string of the molecule is O=CN(c1cccc(O)c1)S(=O)(=O)Cc1cscn1. The molecule has 0 saturated carbocycles.